The Morgan fingerprint density at radius 2 is 1.82 bits per heavy atom. The van der Waals surface area contributed by atoms with Crippen LogP contribution in [0.15, 0.2) is 23.6 Å². The van der Waals surface area contributed by atoms with E-state index in [4.69, 9.17) is 9.47 Å². The second-order valence-corrected chi connectivity index (χ2v) is 7.71. The zero-order valence-electron chi connectivity index (χ0n) is 16.9. The van der Waals surface area contributed by atoms with E-state index in [1.54, 1.807) is 23.1 Å². The van der Waals surface area contributed by atoms with Gasteiger partial charge in [-0.25, -0.2) is 4.98 Å². The second-order valence-electron chi connectivity index (χ2n) is 6.85. The molecular weight excluding hydrogens is 378 g/mol. The molecule has 7 nitrogen and oxygen atoms in total. The Morgan fingerprint density at radius 3 is 2.32 bits per heavy atom. The number of carbonyl (C=O) groups excluding carboxylic acids is 2. The zero-order chi connectivity index (χ0) is 20.7. The predicted molar refractivity (Wildman–Crippen MR) is 110 cm³/mol. The minimum absolute atomic E-state index is 0.0519. The molecule has 0 spiro atoms. The van der Waals surface area contributed by atoms with Gasteiger partial charge in [-0.1, -0.05) is 13.8 Å². The number of rotatable bonds is 9. The van der Waals surface area contributed by atoms with Crippen molar-refractivity contribution in [3.63, 3.8) is 0 Å². The number of benzene rings is 1. The molecular formula is C20H27N3O4S. The molecule has 0 saturated carbocycles. The van der Waals surface area contributed by atoms with Crippen molar-refractivity contribution < 1.29 is 19.1 Å². The molecule has 0 aliphatic heterocycles. The van der Waals surface area contributed by atoms with Crippen LogP contribution in [0.25, 0.3) is 0 Å². The Balaban J connectivity index is 2.18. The Morgan fingerprint density at radius 1 is 1.18 bits per heavy atom. The normalized spacial score (nSPS) is 10.6. The maximum atomic E-state index is 13.1. The second kappa shape index (κ2) is 10.1. The summed E-state index contributed by atoms with van der Waals surface area (Å²) in [6.45, 7) is 6.44. The first kappa shape index (κ1) is 21.7. The third-order valence-electron chi connectivity index (χ3n) is 4.06. The van der Waals surface area contributed by atoms with Gasteiger partial charge < -0.3 is 19.7 Å². The third kappa shape index (κ3) is 6.23. The van der Waals surface area contributed by atoms with Crippen LogP contribution in [0.4, 0.5) is 5.13 Å². The van der Waals surface area contributed by atoms with Crippen molar-refractivity contribution >= 4 is 28.3 Å². The number of methoxy groups -OCH3 is 2. The zero-order valence-corrected chi connectivity index (χ0v) is 17.8. The maximum absolute atomic E-state index is 13.1. The minimum atomic E-state index is -0.277. The summed E-state index contributed by atoms with van der Waals surface area (Å²) in [5.74, 6) is 0.924. The number of aryl methyl sites for hydroxylation is 1. The first-order valence-corrected chi connectivity index (χ1v) is 9.94. The van der Waals surface area contributed by atoms with Crippen molar-refractivity contribution in [1.82, 2.24) is 9.88 Å². The van der Waals surface area contributed by atoms with E-state index in [1.165, 1.54) is 25.6 Å². The van der Waals surface area contributed by atoms with Crippen LogP contribution in [0.1, 0.15) is 36.3 Å². The lowest BCUT2D eigenvalue weighted by molar-refractivity contribution is -0.116. The quantitative estimate of drug-likeness (QED) is 0.689. The number of hydrogen-bond acceptors (Lipinski definition) is 6. The summed E-state index contributed by atoms with van der Waals surface area (Å²) in [5, 5.41) is 5.15. The number of thiazole rings is 1. The molecule has 2 rings (SSSR count). The number of hydrogen-bond donors (Lipinski definition) is 1. The van der Waals surface area contributed by atoms with Crippen LogP contribution in [0, 0.1) is 12.8 Å². The number of ether oxygens (including phenoxy) is 2. The van der Waals surface area contributed by atoms with Gasteiger partial charge in [0.2, 0.25) is 5.91 Å². The molecule has 28 heavy (non-hydrogen) atoms. The van der Waals surface area contributed by atoms with Crippen molar-refractivity contribution in [3.05, 3.63) is 34.8 Å². The SMILES string of the molecule is COc1cc(OC)cc(C(=O)N(CCC(C)C)CC(=O)Nc2nc(C)cs2)c1. The topological polar surface area (TPSA) is 80.8 Å². The summed E-state index contributed by atoms with van der Waals surface area (Å²) in [4.78, 5) is 31.4. The molecule has 0 bridgehead atoms. The maximum Gasteiger partial charge on any atom is 0.254 e. The summed E-state index contributed by atoms with van der Waals surface area (Å²) in [6, 6.07) is 5.00. The Bertz CT molecular complexity index is 797. The lowest BCUT2D eigenvalue weighted by atomic mass is 10.1. The molecule has 2 amide bonds. The average Bonchev–Trinajstić information content (AvgIpc) is 3.08. The van der Waals surface area contributed by atoms with Gasteiger partial charge in [0.05, 0.1) is 19.9 Å². The molecule has 0 atom stereocenters. The molecule has 8 heteroatoms. The fourth-order valence-electron chi connectivity index (χ4n) is 2.52. The minimum Gasteiger partial charge on any atom is -0.497 e. The van der Waals surface area contributed by atoms with Crippen LogP contribution in [0.5, 0.6) is 11.5 Å². The lowest BCUT2D eigenvalue weighted by Gasteiger charge is -2.23. The number of nitrogens with one attached hydrogen (secondary N) is 1. The Hall–Kier alpha value is -2.61. The molecule has 1 heterocycles. The van der Waals surface area contributed by atoms with Gasteiger partial charge >= 0.3 is 0 Å². The first-order chi connectivity index (χ1) is 13.3. The molecule has 0 radical (unpaired) electrons. The van der Waals surface area contributed by atoms with E-state index < -0.39 is 0 Å². The highest BCUT2D eigenvalue weighted by molar-refractivity contribution is 7.13. The summed E-state index contributed by atoms with van der Waals surface area (Å²) in [5.41, 5.74) is 1.26. The number of aromatic nitrogens is 1. The standard InChI is InChI=1S/C20H27N3O4S/c1-13(2)6-7-23(11-18(24)22-20-21-14(3)12-28-20)19(25)15-8-16(26-4)10-17(9-15)27-5/h8-10,12-13H,6-7,11H2,1-5H3,(H,21,22,24). The van der Waals surface area contributed by atoms with Gasteiger partial charge in [0, 0.05) is 23.6 Å². The van der Waals surface area contributed by atoms with Crippen molar-refractivity contribution in [2.75, 3.05) is 32.6 Å². The first-order valence-electron chi connectivity index (χ1n) is 9.06. The van der Waals surface area contributed by atoms with Gasteiger partial charge in [0.15, 0.2) is 5.13 Å². The van der Waals surface area contributed by atoms with Crippen molar-refractivity contribution in [2.45, 2.75) is 27.2 Å². The van der Waals surface area contributed by atoms with Gasteiger partial charge in [-0.15, -0.1) is 11.3 Å². The highest BCUT2D eigenvalue weighted by Crippen LogP contribution is 2.24. The summed E-state index contributed by atoms with van der Waals surface area (Å²) in [6.07, 6.45) is 0.788. The molecule has 152 valence electrons. The van der Waals surface area contributed by atoms with E-state index in [0.717, 1.165) is 12.1 Å². The van der Waals surface area contributed by atoms with E-state index >= 15 is 0 Å². The Labute approximate surface area is 169 Å². The highest BCUT2D eigenvalue weighted by Gasteiger charge is 2.21. The number of nitrogens with zero attached hydrogens (tertiary/aromatic N) is 2. The van der Waals surface area contributed by atoms with E-state index in [2.05, 4.69) is 24.1 Å². The van der Waals surface area contributed by atoms with Gasteiger partial charge in [0.1, 0.15) is 18.0 Å². The number of anilines is 1. The monoisotopic (exact) mass is 405 g/mol. The van der Waals surface area contributed by atoms with Crippen molar-refractivity contribution in [2.24, 2.45) is 5.92 Å². The summed E-state index contributed by atoms with van der Waals surface area (Å²) in [7, 11) is 3.06. The van der Waals surface area contributed by atoms with Gasteiger partial charge in [-0.2, -0.15) is 0 Å². The fraction of sp³-hybridized carbons (Fsp3) is 0.450. The third-order valence-corrected chi connectivity index (χ3v) is 4.94. The predicted octanol–water partition coefficient (Wildman–Crippen LogP) is 3.60. The molecule has 0 saturated heterocycles. The molecule has 1 N–H and O–H groups in total. The van der Waals surface area contributed by atoms with Crippen LogP contribution in [0.2, 0.25) is 0 Å². The van der Waals surface area contributed by atoms with Gasteiger partial charge in [-0.05, 0) is 31.4 Å². The molecule has 1 aromatic heterocycles. The van der Waals surface area contributed by atoms with Crippen molar-refractivity contribution in [3.8, 4) is 11.5 Å². The van der Waals surface area contributed by atoms with Gasteiger partial charge in [-0.3, -0.25) is 9.59 Å². The highest BCUT2D eigenvalue weighted by atomic mass is 32.1. The smallest absolute Gasteiger partial charge is 0.254 e. The van der Waals surface area contributed by atoms with E-state index in [-0.39, 0.29) is 18.4 Å². The molecule has 0 aliphatic rings. The molecule has 0 unspecified atom stereocenters. The summed E-state index contributed by atoms with van der Waals surface area (Å²) < 4.78 is 10.5. The molecule has 0 aliphatic carbocycles. The summed E-state index contributed by atoms with van der Waals surface area (Å²) >= 11 is 1.36. The lowest BCUT2D eigenvalue weighted by Crippen LogP contribution is -2.39. The van der Waals surface area contributed by atoms with Crippen LogP contribution >= 0.6 is 11.3 Å². The molecule has 2 aromatic rings. The van der Waals surface area contributed by atoms with E-state index in [0.29, 0.717) is 34.7 Å². The Kier molecular flexibility index (Phi) is 7.80. The average molecular weight is 406 g/mol. The van der Waals surface area contributed by atoms with Gasteiger partial charge in [0.25, 0.3) is 5.91 Å². The number of carbonyl (C=O) groups is 2. The molecule has 1 aromatic carbocycles. The van der Waals surface area contributed by atoms with Crippen LogP contribution in [-0.2, 0) is 4.79 Å². The van der Waals surface area contributed by atoms with Crippen LogP contribution < -0.4 is 14.8 Å². The number of amides is 2. The largest absolute Gasteiger partial charge is 0.497 e. The van der Waals surface area contributed by atoms with Crippen molar-refractivity contribution in [1.29, 1.82) is 0 Å². The van der Waals surface area contributed by atoms with Crippen LogP contribution in [-0.4, -0.2) is 49.0 Å². The fourth-order valence-corrected chi connectivity index (χ4v) is 3.23. The van der Waals surface area contributed by atoms with E-state index in [1.807, 2.05) is 12.3 Å². The molecule has 0 fully saturated rings. The van der Waals surface area contributed by atoms with E-state index in [9.17, 15) is 9.59 Å². The van der Waals surface area contributed by atoms with Crippen LogP contribution in [0.3, 0.4) is 0 Å².